The minimum absolute atomic E-state index is 0.0202. The summed E-state index contributed by atoms with van der Waals surface area (Å²) < 4.78 is 0. The van der Waals surface area contributed by atoms with Crippen LogP contribution < -0.4 is 5.32 Å². The fourth-order valence-electron chi connectivity index (χ4n) is 2.13. The summed E-state index contributed by atoms with van der Waals surface area (Å²) in [5.41, 5.74) is 1.52. The number of allylic oxidation sites excluding steroid dienone is 1. The predicted octanol–water partition coefficient (Wildman–Crippen LogP) is 2.78. The first-order chi connectivity index (χ1) is 8.66. The molecule has 2 rings (SSSR count). The maximum atomic E-state index is 12.1. The van der Waals surface area contributed by atoms with Gasteiger partial charge in [0.15, 0.2) is 0 Å². The Morgan fingerprint density at radius 2 is 2.22 bits per heavy atom. The van der Waals surface area contributed by atoms with E-state index in [9.17, 15) is 4.79 Å². The van der Waals surface area contributed by atoms with Crippen LogP contribution in [-0.4, -0.2) is 15.9 Å². The molecule has 0 saturated heterocycles. The van der Waals surface area contributed by atoms with E-state index in [1.165, 1.54) is 6.42 Å². The van der Waals surface area contributed by atoms with Crippen LogP contribution in [0.3, 0.4) is 0 Å². The van der Waals surface area contributed by atoms with Crippen LogP contribution >= 0.6 is 0 Å². The molecule has 1 heterocycles. The second-order valence-corrected chi connectivity index (χ2v) is 4.72. The lowest BCUT2D eigenvalue weighted by Gasteiger charge is -2.13. The number of hydrogen-bond donors (Lipinski definition) is 1. The number of carbonyl (C=O) groups is 1. The quantitative estimate of drug-likeness (QED) is 0.815. The van der Waals surface area contributed by atoms with Gasteiger partial charge < -0.3 is 5.32 Å². The van der Waals surface area contributed by atoms with Crippen molar-refractivity contribution in [2.45, 2.75) is 39.5 Å². The number of hydrogen-bond acceptors (Lipinski definition) is 3. The molecule has 1 unspecified atom stereocenters. The summed E-state index contributed by atoms with van der Waals surface area (Å²) in [5, 5.41) is 2.92. The maximum absolute atomic E-state index is 12.1. The Balaban J connectivity index is 2.06. The molecule has 96 valence electrons. The Bertz CT molecular complexity index is 468. The van der Waals surface area contributed by atoms with Gasteiger partial charge in [0.25, 0.3) is 0 Å². The summed E-state index contributed by atoms with van der Waals surface area (Å²) in [7, 11) is 0. The van der Waals surface area contributed by atoms with E-state index in [1.807, 2.05) is 19.9 Å². The van der Waals surface area contributed by atoms with Gasteiger partial charge in [0.2, 0.25) is 5.91 Å². The molecule has 1 aromatic rings. The summed E-state index contributed by atoms with van der Waals surface area (Å²) in [6, 6.07) is 0. The number of nitrogens with zero attached hydrogens (tertiary/aromatic N) is 2. The standard InChI is InChI=1S/C14H19N3O/c1-10-13(9-15-11(2)16-10)17-14(18)12-7-5-3-4-6-8-12/h5,7,9,12H,3-4,6,8H2,1-2H3,(H,17,18). The molecule has 1 aliphatic rings. The van der Waals surface area contributed by atoms with Gasteiger partial charge in [0.1, 0.15) is 5.82 Å². The minimum atomic E-state index is -0.0202. The van der Waals surface area contributed by atoms with Gasteiger partial charge in [-0.15, -0.1) is 0 Å². The second-order valence-electron chi connectivity index (χ2n) is 4.72. The molecule has 4 nitrogen and oxygen atoms in total. The van der Waals surface area contributed by atoms with Crippen LogP contribution in [0.15, 0.2) is 18.3 Å². The largest absolute Gasteiger partial charge is 0.323 e. The minimum Gasteiger partial charge on any atom is -0.323 e. The van der Waals surface area contributed by atoms with Crippen molar-refractivity contribution in [2.75, 3.05) is 5.32 Å². The smallest absolute Gasteiger partial charge is 0.231 e. The van der Waals surface area contributed by atoms with E-state index >= 15 is 0 Å². The van der Waals surface area contributed by atoms with Gasteiger partial charge in [-0.05, 0) is 33.1 Å². The monoisotopic (exact) mass is 245 g/mol. The fraction of sp³-hybridized carbons (Fsp3) is 0.500. The lowest BCUT2D eigenvalue weighted by Crippen LogP contribution is -2.22. The molecule has 4 heteroatoms. The van der Waals surface area contributed by atoms with Gasteiger partial charge in [-0.2, -0.15) is 0 Å². The van der Waals surface area contributed by atoms with Crippen molar-refractivity contribution >= 4 is 11.6 Å². The van der Waals surface area contributed by atoms with E-state index in [1.54, 1.807) is 6.20 Å². The van der Waals surface area contributed by atoms with Crippen molar-refractivity contribution in [1.82, 2.24) is 9.97 Å². The molecular formula is C14H19N3O. The molecule has 0 aromatic carbocycles. The van der Waals surface area contributed by atoms with Crippen LogP contribution in [0, 0.1) is 19.8 Å². The molecule has 0 radical (unpaired) electrons. The maximum Gasteiger partial charge on any atom is 0.231 e. The molecule has 0 bridgehead atoms. The van der Waals surface area contributed by atoms with E-state index in [0.717, 1.165) is 30.8 Å². The highest BCUT2D eigenvalue weighted by atomic mass is 16.1. The third kappa shape index (κ3) is 3.15. The number of aryl methyl sites for hydroxylation is 2. The Hall–Kier alpha value is -1.71. The molecule has 1 aromatic heterocycles. The van der Waals surface area contributed by atoms with E-state index in [0.29, 0.717) is 5.69 Å². The second kappa shape index (κ2) is 5.76. The Kier molecular flexibility index (Phi) is 4.07. The average molecular weight is 245 g/mol. The Morgan fingerprint density at radius 3 is 3.00 bits per heavy atom. The van der Waals surface area contributed by atoms with Crippen molar-refractivity contribution < 1.29 is 4.79 Å². The van der Waals surface area contributed by atoms with Crippen LogP contribution in [0.25, 0.3) is 0 Å². The summed E-state index contributed by atoms with van der Waals surface area (Å²) in [6.45, 7) is 3.72. The Labute approximate surface area is 108 Å². The highest BCUT2D eigenvalue weighted by molar-refractivity contribution is 5.93. The van der Waals surface area contributed by atoms with Crippen LogP contribution in [0.5, 0.6) is 0 Å². The van der Waals surface area contributed by atoms with Crippen molar-refractivity contribution in [3.05, 3.63) is 29.9 Å². The van der Waals surface area contributed by atoms with E-state index in [-0.39, 0.29) is 11.8 Å². The van der Waals surface area contributed by atoms with Gasteiger partial charge in [0, 0.05) is 0 Å². The number of rotatable bonds is 2. The molecular weight excluding hydrogens is 226 g/mol. The first kappa shape index (κ1) is 12.7. The summed E-state index contributed by atoms with van der Waals surface area (Å²) in [6.07, 6.45) is 10.1. The van der Waals surface area contributed by atoms with Gasteiger partial charge in [-0.3, -0.25) is 4.79 Å². The fourth-order valence-corrected chi connectivity index (χ4v) is 2.13. The highest BCUT2D eigenvalue weighted by Gasteiger charge is 2.17. The SMILES string of the molecule is Cc1ncc(NC(=O)C2C=CCCCC2)c(C)n1. The Morgan fingerprint density at radius 1 is 1.39 bits per heavy atom. The molecule has 0 saturated carbocycles. The molecule has 1 aliphatic carbocycles. The third-order valence-corrected chi connectivity index (χ3v) is 3.20. The average Bonchev–Trinajstić information content (AvgIpc) is 2.61. The zero-order chi connectivity index (χ0) is 13.0. The number of carbonyl (C=O) groups excluding carboxylic acids is 1. The van der Waals surface area contributed by atoms with Gasteiger partial charge in [0.05, 0.1) is 23.5 Å². The third-order valence-electron chi connectivity index (χ3n) is 3.20. The molecule has 18 heavy (non-hydrogen) atoms. The van der Waals surface area contributed by atoms with Gasteiger partial charge >= 0.3 is 0 Å². The lowest BCUT2D eigenvalue weighted by molar-refractivity contribution is -0.118. The zero-order valence-electron chi connectivity index (χ0n) is 10.9. The molecule has 0 fully saturated rings. The molecule has 1 N–H and O–H groups in total. The predicted molar refractivity (Wildman–Crippen MR) is 71.2 cm³/mol. The molecule has 1 amide bonds. The molecule has 0 spiro atoms. The van der Waals surface area contributed by atoms with Crippen molar-refractivity contribution in [1.29, 1.82) is 0 Å². The van der Waals surface area contributed by atoms with Crippen LogP contribution in [-0.2, 0) is 4.79 Å². The van der Waals surface area contributed by atoms with E-state index in [4.69, 9.17) is 0 Å². The van der Waals surface area contributed by atoms with Crippen LogP contribution in [0.4, 0.5) is 5.69 Å². The van der Waals surface area contributed by atoms with Gasteiger partial charge in [-0.1, -0.05) is 18.6 Å². The van der Waals surface area contributed by atoms with Crippen LogP contribution in [0.1, 0.15) is 37.2 Å². The number of nitrogens with one attached hydrogen (secondary N) is 1. The number of aromatic nitrogens is 2. The van der Waals surface area contributed by atoms with E-state index in [2.05, 4.69) is 21.4 Å². The topological polar surface area (TPSA) is 54.9 Å². The summed E-state index contributed by atoms with van der Waals surface area (Å²) in [5.74, 6) is 0.747. The lowest BCUT2D eigenvalue weighted by atomic mass is 10.0. The first-order valence-corrected chi connectivity index (χ1v) is 6.44. The number of amides is 1. The zero-order valence-corrected chi connectivity index (χ0v) is 10.9. The van der Waals surface area contributed by atoms with Crippen molar-refractivity contribution in [3.63, 3.8) is 0 Å². The van der Waals surface area contributed by atoms with Crippen LogP contribution in [0.2, 0.25) is 0 Å². The number of anilines is 1. The molecule has 0 aliphatic heterocycles. The first-order valence-electron chi connectivity index (χ1n) is 6.44. The molecule has 1 atom stereocenters. The van der Waals surface area contributed by atoms with Gasteiger partial charge in [-0.25, -0.2) is 9.97 Å². The highest BCUT2D eigenvalue weighted by Crippen LogP contribution is 2.19. The van der Waals surface area contributed by atoms with E-state index < -0.39 is 0 Å². The summed E-state index contributed by atoms with van der Waals surface area (Å²) >= 11 is 0. The summed E-state index contributed by atoms with van der Waals surface area (Å²) in [4.78, 5) is 20.5. The van der Waals surface area contributed by atoms with Crippen molar-refractivity contribution in [2.24, 2.45) is 5.92 Å². The van der Waals surface area contributed by atoms with Crippen molar-refractivity contribution in [3.8, 4) is 0 Å². The normalized spacial score (nSPS) is 19.3.